The van der Waals surface area contributed by atoms with Crippen LogP contribution >= 0.6 is 0 Å². The van der Waals surface area contributed by atoms with Gasteiger partial charge in [0.1, 0.15) is 23.9 Å². The highest BCUT2D eigenvalue weighted by Crippen LogP contribution is 2.34. The summed E-state index contributed by atoms with van der Waals surface area (Å²) >= 11 is 0. The average molecular weight is 560 g/mol. The molecule has 0 atom stereocenters. The number of para-hydroxylation sites is 2. The van der Waals surface area contributed by atoms with E-state index in [4.69, 9.17) is 14.9 Å². The van der Waals surface area contributed by atoms with Crippen molar-refractivity contribution < 1.29 is 14.9 Å². The molecule has 42 heavy (non-hydrogen) atoms. The van der Waals surface area contributed by atoms with Crippen LogP contribution in [-0.2, 0) is 0 Å². The van der Waals surface area contributed by atoms with Gasteiger partial charge in [-0.3, -0.25) is 0 Å². The molecule has 5 aromatic carbocycles. The minimum Gasteiger partial charge on any atom is -0.508 e. The van der Waals surface area contributed by atoms with Crippen molar-refractivity contribution in [1.29, 1.82) is 0 Å². The van der Waals surface area contributed by atoms with Crippen LogP contribution in [0.1, 0.15) is 30.0 Å². The number of phenolic OH excluding ortho intramolecular Hbond substituents is 2. The smallest absolute Gasteiger partial charge is 0.119 e. The Morgan fingerprint density at radius 1 is 0.548 bits per heavy atom. The zero-order chi connectivity index (χ0) is 30.0. The van der Waals surface area contributed by atoms with Gasteiger partial charge >= 0.3 is 0 Å². The quantitative estimate of drug-likeness (QED) is 0.187. The summed E-state index contributed by atoms with van der Waals surface area (Å²) in [7, 11) is 4.11. The Kier molecular flexibility index (Phi) is 13.4. The molecule has 216 valence electrons. The predicted molar refractivity (Wildman–Crippen MR) is 176 cm³/mol. The molecule has 5 rings (SSSR count). The van der Waals surface area contributed by atoms with Gasteiger partial charge < -0.3 is 19.8 Å². The lowest BCUT2D eigenvalue weighted by Gasteiger charge is -2.17. The lowest BCUT2D eigenvalue weighted by atomic mass is 9.88. The fourth-order valence-corrected chi connectivity index (χ4v) is 4.20. The molecular weight excluding hydrogens is 518 g/mol. The van der Waals surface area contributed by atoms with E-state index in [1.165, 1.54) is 27.8 Å². The molecule has 0 fully saturated rings. The first-order valence-corrected chi connectivity index (χ1v) is 14.2. The lowest BCUT2D eigenvalue weighted by molar-refractivity contribution is 0.261. The topological polar surface area (TPSA) is 52.9 Å². The molecule has 0 saturated heterocycles. The number of aromatic hydroxyl groups is 2. The molecular formula is C38H41NO3. The number of rotatable bonds is 8. The normalized spacial score (nSPS) is 10.9. The Morgan fingerprint density at radius 2 is 0.952 bits per heavy atom. The Balaban J connectivity index is 0.000000280. The Morgan fingerprint density at radius 3 is 1.33 bits per heavy atom. The van der Waals surface area contributed by atoms with Crippen molar-refractivity contribution in [3.63, 3.8) is 0 Å². The zero-order valence-corrected chi connectivity index (χ0v) is 24.7. The Bertz CT molecular complexity index is 1400. The first-order chi connectivity index (χ1) is 20.5. The first-order valence-electron chi connectivity index (χ1n) is 14.2. The SMILES string of the molecule is CC/C(=C(\c1ccccc1)c1ccc(OCCN(C)C)cc1)c1ccccc1.Oc1ccccc1.Oc1ccccc1. The van der Waals surface area contributed by atoms with Crippen molar-refractivity contribution in [3.8, 4) is 17.2 Å². The van der Waals surface area contributed by atoms with Gasteiger partial charge in [0.25, 0.3) is 0 Å². The largest absolute Gasteiger partial charge is 0.508 e. The Labute approximate surface area is 250 Å². The van der Waals surface area contributed by atoms with Crippen molar-refractivity contribution in [2.24, 2.45) is 0 Å². The van der Waals surface area contributed by atoms with Crippen molar-refractivity contribution in [3.05, 3.63) is 162 Å². The van der Waals surface area contributed by atoms with Gasteiger partial charge in [0.15, 0.2) is 0 Å². The van der Waals surface area contributed by atoms with Crippen molar-refractivity contribution in [1.82, 2.24) is 4.90 Å². The third kappa shape index (κ3) is 11.0. The second-order valence-corrected chi connectivity index (χ2v) is 9.79. The van der Waals surface area contributed by atoms with Gasteiger partial charge in [-0.2, -0.15) is 0 Å². The van der Waals surface area contributed by atoms with Gasteiger partial charge in [-0.25, -0.2) is 0 Å². The molecule has 0 unspecified atom stereocenters. The summed E-state index contributed by atoms with van der Waals surface area (Å²) in [6, 6.07) is 47.2. The molecule has 0 aliphatic heterocycles. The third-order valence-electron chi connectivity index (χ3n) is 6.30. The van der Waals surface area contributed by atoms with Crippen LogP contribution in [0.2, 0.25) is 0 Å². The minimum absolute atomic E-state index is 0.322. The van der Waals surface area contributed by atoms with E-state index in [9.17, 15) is 0 Å². The van der Waals surface area contributed by atoms with Crippen LogP contribution < -0.4 is 4.74 Å². The van der Waals surface area contributed by atoms with E-state index in [0.717, 1.165) is 18.7 Å². The summed E-state index contributed by atoms with van der Waals surface area (Å²) in [5.41, 5.74) is 6.37. The van der Waals surface area contributed by atoms with Crippen LogP contribution in [0, 0.1) is 0 Å². The third-order valence-corrected chi connectivity index (χ3v) is 6.30. The standard InChI is InChI=1S/C26H29NO.2C6H6O/c1-4-25(21-11-7-5-8-12-21)26(22-13-9-6-10-14-22)23-15-17-24(18-16-23)28-20-19-27(2)3;2*7-6-4-2-1-3-5-6/h5-18H,4,19-20H2,1-3H3;2*1-5,7H/b26-25-;;. The van der Waals surface area contributed by atoms with Crippen LogP contribution in [0.25, 0.3) is 11.1 Å². The number of hydrogen-bond acceptors (Lipinski definition) is 4. The van der Waals surface area contributed by atoms with Crippen LogP contribution in [-0.4, -0.2) is 42.4 Å². The first kappa shape index (κ1) is 31.7. The number of phenols is 2. The molecule has 0 aliphatic carbocycles. The monoisotopic (exact) mass is 559 g/mol. The van der Waals surface area contributed by atoms with E-state index in [0.29, 0.717) is 18.1 Å². The van der Waals surface area contributed by atoms with E-state index in [2.05, 4.69) is 111 Å². The van der Waals surface area contributed by atoms with Crippen molar-refractivity contribution >= 4 is 11.1 Å². The number of benzene rings is 5. The summed E-state index contributed by atoms with van der Waals surface area (Å²) in [5.74, 6) is 1.56. The maximum absolute atomic E-state index is 8.63. The van der Waals surface area contributed by atoms with Crippen LogP contribution in [0.4, 0.5) is 0 Å². The second kappa shape index (κ2) is 17.8. The summed E-state index contributed by atoms with van der Waals surface area (Å²) in [6.07, 6.45) is 0.968. The molecule has 0 aromatic heterocycles. The summed E-state index contributed by atoms with van der Waals surface area (Å²) in [6.45, 7) is 3.83. The van der Waals surface area contributed by atoms with Crippen LogP contribution in [0.3, 0.4) is 0 Å². The number of likely N-dealkylation sites (N-methyl/N-ethyl adjacent to an activating group) is 1. The highest BCUT2D eigenvalue weighted by molar-refractivity contribution is 5.98. The highest BCUT2D eigenvalue weighted by Gasteiger charge is 2.13. The molecule has 0 spiro atoms. The lowest BCUT2D eigenvalue weighted by Crippen LogP contribution is -2.19. The van der Waals surface area contributed by atoms with Crippen LogP contribution in [0.5, 0.6) is 17.2 Å². The van der Waals surface area contributed by atoms with Gasteiger partial charge in [0.2, 0.25) is 0 Å². The number of ether oxygens (including phenoxy) is 1. The fraction of sp³-hybridized carbons (Fsp3) is 0.158. The van der Waals surface area contributed by atoms with Gasteiger partial charge in [0, 0.05) is 6.54 Å². The second-order valence-electron chi connectivity index (χ2n) is 9.79. The van der Waals surface area contributed by atoms with E-state index in [-0.39, 0.29) is 0 Å². The average Bonchev–Trinajstić information content (AvgIpc) is 3.02. The Hall–Kier alpha value is -4.80. The number of nitrogens with zero attached hydrogens (tertiary/aromatic N) is 1. The van der Waals surface area contributed by atoms with E-state index >= 15 is 0 Å². The summed E-state index contributed by atoms with van der Waals surface area (Å²) in [5, 5.41) is 17.3. The molecule has 0 saturated carbocycles. The van der Waals surface area contributed by atoms with Gasteiger partial charge in [0.05, 0.1) is 0 Å². The summed E-state index contributed by atoms with van der Waals surface area (Å²) in [4.78, 5) is 2.12. The molecule has 0 heterocycles. The zero-order valence-electron chi connectivity index (χ0n) is 24.7. The van der Waals surface area contributed by atoms with Crippen LogP contribution in [0.15, 0.2) is 146 Å². The molecule has 2 N–H and O–H groups in total. The molecule has 0 aliphatic rings. The van der Waals surface area contributed by atoms with Crippen molar-refractivity contribution in [2.45, 2.75) is 13.3 Å². The maximum atomic E-state index is 8.63. The molecule has 0 bridgehead atoms. The molecule has 4 heteroatoms. The maximum Gasteiger partial charge on any atom is 0.119 e. The van der Waals surface area contributed by atoms with Gasteiger partial charge in [-0.15, -0.1) is 0 Å². The predicted octanol–water partition coefficient (Wildman–Crippen LogP) is 8.78. The van der Waals surface area contributed by atoms with Gasteiger partial charge in [-0.05, 0) is 84.8 Å². The molecule has 0 amide bonds. The fourth-order valence-electron chi connectivity index (χ4n) is 4.20. The van der Waals surface area contributed by atoms with Crippen molar-refractivity contribution in [2.75, 3.05) is 27.2 Å². The number of hydrogen-bond donors (Lipinski definition) is 2. The van der Waals surface area contributed by atoms with E-state index in [1.54, 1.807) is 48.5 Å². The highest BCUT2D eigenvalue weighted by atomic mass is 16.5. The van der Waals surface area contributed by atoms with E-state index < -0.39 is 0 Å². The van der Waals surface area contributed by atoms with E-state index in [1.807, 2.05) is 12.1 Å². The van der Waals surface area contributed by atoms with Gasteiger partial charge in [-0.1, -0.05) is 116 Å². The molecule has 4 nitrogen and oxygen atoms in total. The minimum atomic E-state index is 0.322. The summed E-state index contributed by atoms with van der Waals surface area (Å²) < 4.78 is 5.87. The number of allylic oxidation sites excluding steroid dienone is 1. The molecule has 5 aromatic rings. The molecule has 0 radical (unpaired) electrons.